The molecule has 2 aromatic carbocycles. The lowest BCUT2D eigenvalue weighted by atomic mass is 9.90. The second-order valence-corrected chi connectivity index (χ2v) is 8.40. The molecular formula is C24H31IN4O. The highest BCUT2D eigenvalue weighted by molar-refractivity contribution is 14.0. The SMILES string of the molecule is CN=C(NCC1CC(=O)Nc2ccccc21)NC1CC1c1ccc(C(C)C)cc1.I. The van der Waals surface area contributed by atoms with E-state index in [9.17, 15) is 4.79 Å². The molecule has 1 aliphatic heterocycles. The van der Waals surface area contributed by atoms with Crippen LogP contribution in [0, 0.1) is 0 Å². The minimum absolute atomic E-state index is 0. The molecule has 4 rings (SSSR count). The predicted octanol–water partition coefficient (Wildman–Crippen LogP) is 4.57. The molecule has 1 saturated carbocycles. The zero-order valence-electron chi connectivity index (χ0n) is 17.8. The number of nitrogens with one attached hydrogen (secondary N) is 3. The van der Waals surface area contributed by atoms with E-state index in [0.29, 0.717) is 30.8 Å². The third kappa shape index (κ3) is 5.14. The van der Waals surface area contributed by atoms with Crippen LogP contribution < -0.4 is 16.0 Å². The lowest BCUT2D eigenvalue weighted by molar-refractivity contribution is -0.116. The van der Waals surface area contributed by atoms with Crippen LogP contribution in [0.2, 0.25) is 0 Å². The Kier molecular flexibility index (Phi) is 7.39. The number of aliphatic imine (C=N–C) groups is 1. The van der Waals surface area contributed by atoms with Crippen molar-refractivity contribution < 1.29 is 4.79 Å². The van der Waals surface area contributed by atoms with Crippen LogP contribution in [0.15, 0.2) is 53.5 Å². The van der Waals surface area contributed by atoms with Crippen molar-refractivity contribution in [2.75, 3.05) is 18.9 Å². The smallest absolute Gasteiger partial charge is 0.225 e. The normalized spacial score (nSPS) is 22.6. The molecule has 0 radical (unpaired) electrons. The number of guanidine groups is 1. The van der Waals surface area contributed by atoms with E-state index in [0.717, 1.165) is 18.1 Å². The van der Waals surface area contributed by atoms with E-state index in [1.54, 1.807) is 7.05 Å². The molecular weight excluding hydrogens is 487 g/mol. The number of amides is 1. The first kappa shape index (κ1) is 22.6. The fourth-order valence-corrected chi connectivity index (χ4v) is 4.13. The van der Waals surface area contributed by atoms with Crippen molar-refractivity contribution in [2.24, 2.45) is 4.99 Å². The van der Waals surface area contributed by atoms with E-state index >= 15 is 0 Å². The summed E-state index contributed by atoms with van der Waals surface area (Å²) in [6.07, 6.45) is 1.62. The molecule has 1 amide bonds. The molecule has 0 bridgehead atoms. The van der Waals surface area contributed by atoms with Gasteiger partial charge in [-0.15, -0.1) is 24.0 Å². The summed E-state index contributed by atoms with van der Waals surface area (Å²) in [5.74, 6) is 2.13. The monoisotopic (exact) mass is 518 g/mol. The number of para-hydroxylation sites is 1. The van der Waals surface area contributed by atoms with Gasteiger partial charge in [0, 0.05) is 43.6 Å². The molecule has 2 aromatic rings. The van der Waals surface area contributed by atoms with Crippen molar-refractivity contribution >= 4 is 41.5 Å². The number of benzene rings is 2. The van der Waals surface area contributed by atoms with Crippen LogP contribution in [0.1, 0.15) is 61.1 Å². The van der Waals surface area contributed by atoms with Gasteiger partial charge < -0.3 is 16.0 Å². The Balaban J connectivity index is 0.00000256. The topological polar surface area (TPSA) is 65.5 Å². The van der Waals surface area contributed by atoms with Gasteiger partial charge in [-0.2, -0.15) is 0 Å². The van der Waals surface area contributed by atoms with Crippen molar-refractivity contribution in [3.63, 3.8) is 0 Å². The number of carbonyl (C=O) groups excluding carboxylic acids is 1. The van der Waals surface area contributed by atoms with E-state index in [-0.39, 0.29) is 35.8 Å². The van der Waals surface area contributed by atoms with E-state index < -0.39 is 0 Å². The van der Waals surface area contributed by atoms with Gasteiger partial charge in [-0.25, -0.2) is 0 Å². The maximum absolute atomic E-state index is 12.0. The number of halogens is 1. The molecule has 0 spiro atoms. The van der Waals surface area contributed by atoms with Crippen LogP contribution in [-0.2, 0) is 4.79 Å². The molecule has 3 atom stereocenters. The molecule has 6 heteroatoms. The molecule has 3 N–H and O–H groups in total. The largest absolute Gasteiger partial charge is 0.356 e. The predicted molar refractivity (Wildman–Crippen MR) is 134 cm³/mol. The number of hydrogen-bond donors (Lipinski definition) is 3. The number of hydrogen-bond acceptors (Lipinski definition) is 2. The Morgan fingerprint density at radius 1 is 1.17 bits per heavy atom. The lowest BCUT2D eigenvalue weighted by Crippen LogP contribution is -2.42. The van der Waals surface area contributed by atoms with Gasteiger partial charge in [-0.05, 0) is 35.1 Å². The first-order chi connectivity index (χ1) is 14.0. The van der Waals surface area contributed by atoms with Crippen LogP contribution in [0.25, 0.3) is 0 Å². The van der Waals surface area contributed by atoms with Crippen LogP contribution in [0.4, 0.5) is 5.69 Å². The Bertz CT molecular complexity index is 910. The Labute approximate surface area is 196 Å². The minimum Gasteiger partial charge on any atom is -0.356 e. The maximum atomic E-state index is 12.0. The molecule has 1 fully saturated rings. The van der Waals surface area contributed by atoms with Crippen molar-refractivity contribution in [3.05, 3.63) is 65.2 Å². The summed E-state index contributed by atoms with van der Waals surface area (Å²) in [5.41, 5.74) is 4.88. The van der Waals surface area contributed by atoms with Crippen LogP contribution in [0.3, 0.4) is 0 Å². The fourth-order valence-electron chi connectivity index (χ4n) is 4.13. The van der Waals surface area contributed by atoms with E-state index in [4.69, 9.17) is 0 Å². The van der Waals surface area contributed by atoms with Gasteiger partial charge in [0.1, 0.15) is 0 Å². The number of nitrogens with zero attached hydrogens (tertiary/aromatic N) is 1. The van der Waals surface area contributed by atoms with Gasteiger partial charge >= 0.3 is 0 Å². The van der Waals surface area contributed by atoms with E-state index in [2.05, 4.69) is 65.1 Å². The second kappa shape index (κ2) is 9.81. The third-order valence-corrected chi connectivity index (χ3v) is 5.99. The number of carbonyl (C=O) groups is 1. The second-order valence-electron chi connectivity index (χ2n) is 8.40. The zero-order valence-corrected chi connectivity index (χ0v) is 20.1. The first-order valence-electron chi connectivity index (χ1n) is 10.5. The summed E-state index contributed by atoms with van der Waals surface area (Å²) in [5, 5.41) is 9.92. The molecule has 5 nitrogen and oxygen atoms in total. The highest BCUT2D eigenvalue weighted by Gasteiger charge is 2.39. The quantitative estimate of drug-likeness (QED) is 0.309. The van der Waals surface area contributed by atoms with Crippen molar-refractivity contribution in [3.8, 4) is 0 Å². The van der Waals surface area contributed by atoms with Gasteiger partial charge in [-0.1, -0.05) is 56.3 Å². The van der Waals surface area contributed by atoms with E-state index in [1.807, 2.05) is 18.2 Å². The molecule has 2 aliphatic rings. The summed E-state index contributed by atoms with van der Waals surface area (Å²) >= 11 is 0. The zero-order chi connectivity index (χ0) is 20.4. The average molecular weight is 518 g/mol. The summed E-state index contributed by atoms with van der Waals surface area (Å²) in [7, 11) is 1.80. The highest BCUT2D eigenvalue weighted by Crippen LogP contribution is 2.41. The van der Waals surface area contributed by atoms with Crippen molar-refractivity contribution in [1.82, 2.24) is 10.6 Å². The highest BCUT2D eigenvalue weighted by atomic mass is 127. The van der Waals surface area contributed by atoms with Gasteiger partial charge in [0.25, 0.3) is 0 Å². The maximum Gasteiger partial charge on any atom is 0.225 e. The Morgan fingerprint density at radius 3 is 2.60 bits per heavy atom. The third-order valence-electron chi connectivity index (χ3n) is 5.99. The lowest BCUT2D eigenvalue weighted by Gasteiger charge is -2.26. The van der Waals surface area contributed by atoms with Gasteiger partial charge in [0.15, 0.2) is 5.96 Å². The number of fused-ring (bicyclic) bond motifs is 1. The summed E-state index contributed by atoms with van der Waals surface area (Å²) in [4.78, 5) is 16.4. The Hall–Kier alpha value is -2.09. The van der Waals surface area contributed by atoms with Gasteiger partial charge in [0.05, 0.1) is 0 Å². The minimum atomic E-state index is 0. The molecule has 30 heavy (non-hydrogen) atoms. The van der Waals surface area contributed by atoms with Crippen molar-refractivity contribution in [2.45, 2.75) is 50.5 Å². The molecule has 0 aromatic heterocycles. The molecule has 1 aliphatic carbocycles. The summed E-state index contributed by atoms with van der Waals surface area (Å²) in [6, 6.07) is 17.5. The standard InChI is InChI=1S/C24H30N4O.HI/c1-15(2)16-8-10-17(11-9-16)20-13-22(20)28-24(25-3)26-14-18-12-23(29)27-21-7-5-4-6-19(18)21;/h4-11,15,18,20,22H,12-14H2,1-3H3,(H,27,29)(H2,25,26,28);1H. The summed E-state index contributed by atoms with van der Waals surface area (Å²) in [6.45, 7) is 5.13. The average Bonchev–Trinajstić information content (AvgIpc) is 3.50. The van der Waals surface area contributed by atoms with Crippen molar-refractivity contribution in [1.29, 1.82) is 0 Å². The van der Waals surface area contributed by atoms with Crippen LogP contribution in [0.5, 0.6) is 0 Å². The number of rotatable bonds is 5. The van der Waals surface area contributed by atoms with Gasteiger partial charge in [0.2, 0.25) is 5.91 Å². The Morgan fingerprint density at radius 2 is 1.90 bits per heavy atom. The first-order valence-corrected chi connectivity index (χ1v) is 10.5. The molecule has 3 unspecified atom stereocenters. The molecule has 160 valence electrons. The molecule has 1 heterocycles. The van der Waals surface area contributed by atoms with Crippen LogP contribution >= 0.6 is 24.0 Å². The number of anilines is 1. The van der Waals surface area contributed by atoms with Crippen LogP contribution in [-0.4, -0.2) is 31.5 Å². The molecule has 0 saturated heterocycles. The summed E-state index contributed by atoms with van der Waals surface area (Å²) < 4.78 is 0. The van der Waals surface area contributed by atoms with Gasteiger partial charge in [-0.3, -0.25) is 9.79 Å². The van der Waals surface area contributed by atoms with E-state index in [1.165, 1.54) is 16.7 Å². The fraction of sp³-hybridized carbons (Fsp3) is 0.417.